The van der Waals surface area contributed by atoms with Gasteiger partial charge in [0.15, 0.2) is 0 Å². The summed E-state index contributed by atoms with van der Waals surface area (Å²) >= 11 is 0. The molecule has 2 aromatic heterocycles. The van der Waals surface area contributed by atoms with Crippen LogP contribution < -0.4 is 0 Å². The number of hydrogen-bond acceptors (Lipinski definition) is 2. The lowest BCUT2D eigenvalue weighted by Gasteiger charge is -2.05. The van der Waals surface area contributed by atoms with Crippen molar-refractivity contribution in [1.82, 2.24) is 14.5 Å². The molecule has 0 saturated heterocycles. The van der Waals surface area contributed by atoms with Crippen LogP contribution in [0.1, 0.15) is 5.56 Å². The van der Waals surface area contributed by atoms with Crippen molar-refractivity contribution in [2.45, 2.75) is 6.92 Å². The maximum atomic E-state index is 13.6. The third kappa shape index (κ3) is 1.49. The predicted octanol–water partition coefficient (Wildman–Crippen LogP) is 3.08. The summed E-state index contributed by atoms with van der Waals surface area (Å²) in [5, 5.41) is 0. The summed E-state index contributed by atoms with van der Waals surface area (Å²) < 4.78 is 15.5. The van der Waals surface area contributed by atoms with Crippen molar-refractivity contribution in [3.05, 3.63) is 48.0 Å². The van der Waals surface area contributed by atoms with Crippen LogP contribution in [0.5, 0.6) is 0 Å². The summed E-state index contributed by atoms with van der Waals surface area (Å²) in [4.78, 5) is 8.45. The molecule has 0 fully saturated rings. The van der Waals surface area contributed by atoms with Crippen LogP contribution in [-0.2, 0) is 7.05 Å². The van der Waals surface area contributed by atoms with E-state index in [2.05, 4.69) is 9.97 Å². The van der Waals surface area contributed by atoms with Crippen molar-refractivity contribution >= 4 is 11.0 Å². The number of aryl methyl sites for hydroxylation is 1. The van der Waals surface area contributed by atoms with E-state index in [9.17, 15) is 4.39 Å². The fourth-order valence-corrected chi connectivity index (χ4v) is 2.11. The largest absolute Gasteiger partial charge is 0.327 e. The molecule has 0 bridgehead atoms. The van der Waals surface area contributed by atoms with Gasteiger partial charge in [-0.15, -0.1) is 0 Å². The van der Waals surface area contributed by atoms with Gasteiger partial charge in [0.05, 0.1) is 17.2 Å². The zero-order valence-corrected chi connectivity index (χ0v) is 10.2. The average molecular weight is 241 g/mol. The van der Waals surface area contributed by atoms with E-state index in [0.717, 1.165) is 22.4 Å². The number of nitrogens with zero attached hydrogens (tertiary/aromatic N) is 3. The highest BCUT2D eigenvalue weighted by molar-refractivity contribution is 5.80. The van der Waals surface area contributed by atoms with E-state index in [-0.39, 0.29) is 5.82 Å². The van der Waals surface area contributed by atoms with Gasteiger partial charge in [0.1, 0.15) is 11.6 Å². The van der Waals surface area contributed by atoms with Crippen LogP contribution in [0.2, 0.25) is 0 Å². The van der Waals surface area contributed by atoms with E-state index in [1.807, 2.05) is 35.9 Å². The van der Waals surface area contributed by atoms with Gasteiger partial charge in [-0.1, -0.05) is 12.1 Å². The zero-order chi connectivity index (χ0) is 12.7. The molecule has 3 aromatic rings. The molecule has 0 atom stereocenters. The van der Waals surface area contributed by atoms with Crippen LogP contribution in [0.3, 0.4) is 0 Å². The fourth-order valence-electron chi connectivity index (χ4n) is 2.11. The Morgan fingerprint density at radius 3 is 2.72 bits per heavy atom. The number of hydrogen-bond donors (Lipinski definition) is 0. The van der Waals surface area contributed by atoms with Crippen molar-refractivity contribution in [2.75, 3.05) is 0 Å². The minimum absolute atomic E-state index is 0.306. The van der Waals surface area contributed by atoms with Crippen LogP contribution in [-0.4, -0.2) is 14.5 Å². The minimum Gasteiger partial charge on any atom is -0.327 e. The van der Waals surface area contributed by atoms with Crippen molar-refractivity contribution in [3.8, 4) is 11.4 Å². The molecule has 0 aliphatic rings. The van der Waals surface area contributed by atoms with Crippen molar-refractivity contribution in [3.63, 3.8) is 0 Å². The molecule has 3 nitrogen and oxygen atoms in total. The van der Waals surface area contributed by atoms with Crippen LogP contribution in [0.4, 0.5) is 4.39 Å². The van der Waals surface area contributed by atoms with Gasteiger partial charge in [-0.2, -0.15) is 0 Å². The molecule has 0 spiro atoms. The topological polar surface area (TPSA) is 30.7 Å². The number of fused-ring (bicyclic) bond motifs is 1. The molecule has 90 valence electrons. The Balaban J connectivity index is 2.32. The Labute approximate surface area is 104 Å². The Morgan fingerprint density at radius 1 is 1.17 bits per heavy atom. The zero-order valence-electron chi connectivity index (χ0n) is 10.2. The summed E-state index contributed by atoms with van der Waals surface area (Å²) in [5.74, 6) is 0.431. The van der Waals surface area contributed by atoms with E-state index in [4.69, 9.17) is 0 Å². The number of imidazole rings is 1. The monoisotopic (exact) mass is 241 g/mol. The molecule has 0 N–H and O–H groups in total. The lowest BCUT2D eigenvalue weighted by molar-refractivity contribution is 0.612. The van der Waals surface area contributed by atoms with Gasteiger partial charge in [-0.25, -0.2) is 9.37 Å². The van der Waals surface area contributed by atoms with E-state index >= 15 is 0 Å². The van der Waals surface area contributed by atoms with Crippen LogP contribution in [0.15, 0.2) is 36.7 Å². The molecule has 1 aromatic carbocycles. The van der Waals surface area contributed by atoms with Crippen LogP contribution in [0.25, 0.3) is 22.4 Å². The molecule has 0 saturated carbocycles. The molecular weight excluding hydrogens is 229 g/mol. The molecule has 0 radical (unpaired) electrons. The first-order valence-corrected chi connectivity index (χ1v) is 5.70. The Morgan fingerprint density at radius 2 is 1.94 bits per heavy atom. The molecule has 18 heavy (non-hydrogen) atoms. The molecule has 4 heteroatoms. The first-order valence-electron chi connectivity index (χ1n) is 5.70. The van der Waals surface area contributed by atoms with Gasteiger partial charge in [-0.05, 0) is 24.6 Å². The van der Waals surface area contributed by atoms with Crippen molar-refractivity contribution in [1.29, 1.82) is 0 Å². The Bertz CT molecular complexity index is 731. The number of pyridine rings is 1. The van der Waals surface area contributed by atoms with E-state index in [0.29, 0.717) is 5.56 Å². The van der Waals surface area contributed by atoms with Gasteiger partial charge >= 0.3 is 0 Å². The van der Waals surface area contributed by atoms with Gasteiger partial charge in [-0.3, -0.25) is 4.98 Å². The predicted molar refractivity (Wildman–Crippen MR) is 68.6 cm³/mol. The van der Waals surface area contributed by atoms with Crippen molar-refractivity contribution < 1.29 is 4.39 Å². The van der Waals surface area contributed by atoms with Gasteiger partial charge in [0.25, 0.3) is 0 Å². The summed E-state index contributed by atoms with van der Waals surface area (Å²) in [6.07, 6.45) is 2.88. The van der Waals surface area contributed by atoms with Gasteiger partial charge < -0.3 is 4.57 Å². The standard InChI is InChI=1S/C14H12FN3/c1-9-10(7-16-8-11(9)15)14-17-12-5-3-4-6-13(12)18(14)2/h3-8H,1-2H3. The Hall–Kier alpha value is -2.23. The smallest absolute Gasteiger partial charge is 0.145 e. The first kappa shape index (κ1) is 10.9. The second-order valence-electron chi connectivity index (χ2n) is 4.28. The number of benzene rings is 1. The maximum Gasteiger partial charge on any atom is 0.145 e. The van der Waals surface area contributed by atoms with Crippen LogP contribution >= 0.6 is 0 Å². The molecular formula is C14H12FN3. The molecule has 3 rings (SSSR count). The van der Waals surface area contributed by atoms with Crippen LogP contribution in [0, 0.1) is 12.7 Å². The highest BCUT2D eigenvalue weighted by Gasteiger charge is 2.13. The first-order chi connectivity index (χ1) is 8.68. The summed E-state index contributed by atoms with van der Waals surface area (Å²) in [6.45, 7) is 1.74. The molecule has 2 heterocycles. The normalized spacial score (nSPS) is 11.1. The third-order valence-corrected chi connectivity index (χ3v) is 3.18. The lowest BCUT2D eigenvalue weighted by Crippen LogP contribution is -1.97. The summed E-state index contributed by atoms with van der Waals surface area (Å²) in [6, 6.07) is 7.84. The minimum atomic E-state index is -0.306. The SMILES string of the molecule is Cc1c(F)cncc1-c1nc2ccccc2n1C. The van der Waals surface area contributed by atoms with Gasteiger partial charge in [0.2, 0.25) is 0 Å². The summed E-state index contributed by atoms with van der Waals surface area (Å²) in [5.41, 5.74) is 3.23. The number of para-hydroxylation sites is 2. The van der Waals surface area contributed by atoms with Crippen molar-refractivity contribution in [2.24, 2.45) is 7.05 Å². The highest BCUT2D eigenvalue weighted by atomic mass is 19.1. The second-order valence-corrected chi connectivity index (χ2v) is 4.28. The van der Waals surface area contributed by atoms with E-state index in [1.165, 1.54) is 6.20 Å². The fraction of sp³-hybridized carbons (Fsp3) is 0.143. The van der Waals surface area contributed by atoms with E-state index < -0.39 is 0 Å². The quantitative estimate of drug-likeness (QED) is 0.655. The number of aromatic nitrogens is 3. The van der Waals surface area contributed by atoms with E-state index in [1.54, 1.807) is 13.1 Å². The summed E-state index contributed by atoms with van der Waals surface area (Å²) in [7, 11) is 1.93. The molecule has 0 unspecified atom stereocenters. The molecule has 0 aliphatic heterocycles. The second kappa shape index (κ2) is 3.91. The number of halogens is 1. The third-order valence-electron chi connectivity index (χ3n) is 3.18. The van der Waals surface area contributed by atoms with Gasteiger partial charge in [0, 0.05) is 18.8 Å². The average Bonchev–Trinajstić information content (AvgIpc) is 2.71. The lowest BCUT2D eigenvalue weighted by atomic mass is 10.1. The molecule has 0 amide bonds. The molecule has 0 aliphatic carbocycles. The maximum absolute atomic E-state index is 13.6. The number of rotatable bonds is 1. The Kier molecular flexibility index (Phi) is 2.37. The highest BCUT2D eigenvalue weighted by Crippen LogP contribution is 2.26.